The SMILES string of the molecule is C#Cc1cc[c]([Ge]([CH3])([c]2ccccc2)[c]2cccc3ccccc23)cc1. The van der Waals surface area contributed by atoms with Gasteiger partial charge in [0.25, 0.3) is 0 Å². The molecule has 4 aromatic rings. The van der Waals surface area contributed by atoms with Crippen molar-refractivity contribution >= 4 is 37.2 Å². The van der Waals surface area contributed by atoms with Gasteiger partial charge in [-0.15, -0.1) is 0 Å². The van der Waals surface area contributed by atoms with Crippen molar-refractivity contribution in [1.29, 1.82) is 0 Å². The Morgan fingerprint density at radius 3 is 2.00 bits per heavy atom. The molecule has 0 aliphatic rings. The van der Waals surface area contributed by atoms with E-state index in [1.807, 2.05) is 0 Å². The normalized spacial score (nSPS) is 13.1. The third-order valence-corrected chi connectivity index (χ3v) is 14.7. The van der Waals surface area contributed by atoms with Crippen molar-refractivity contribution in [3.8, 4) is 12.3 Å². The summed E-state index contributed by atoms with van der Waals surface area (Å²) in [6.45, 7) is 0. The molecule has 0 fully saturated rings. The molecular weight excluding hydrogens is 373 g/mol. The number of hydrogen-bond acceptors (Lipinski definition) is 0. The first kappa shape index (κ1) is 16.7. The van der Waals surface area contributed by atoms with Gasteiger partial charge in [0.2, 0.25) is 0 Å². The molecule has 0 aromatic heterocycles. The summed E-state index contributed by atoms with van der Waals surface area (Å²) in [5, 5.41) is 2.67. The maximum absolute atomic E-state index is 5.57. The maximum atomic E-state index is 5.57. The van der Waals surface area contributed by atoms with Crippen LogP contribution >= 0.6 is 0 Å². The van der Waals surface area contributed by atoms with Crippen LogP contribution in [-0.4, -0.2) is 13.3 Å². The third kappa shape index (κ3) is 2.75. The third-order valence-electron chi connectivity index (χ3n) is 5.31. The second kappa shape index (κ2) is 6.86. The van der Waals surface area contributed by atoms with Gasteiger partial charge in [-0.05, 0) is 0 Å². The number of fused-ring (bicyclic) bond motifs is 1. The summed E-state index contributed by atoms with van der Waals surface area (Å²) in [6, 6.07) is 35.0. The van der Waals surface area contributed by atoms with Crippen LogP contribution in [-0.2, 0) is 0 Å². The van der Waals surface area contributed by atoms with E-state index in [1.165, 1.54) is 24.0 Å². The Morgan fingerprint density at radius 1 is 0.654 bits per heavy atom. The van der Waals surface area contributed by atoms with Crippen molar-refractivity contribution < 1.29 is 0 Å². The number of terminal acetylenes is 1. The summed E-state index contributed by atoms with van der Waals surface area (Å²) in [7, 11) is 0. The van der Waals surface area contributed by atoms with E-state index in [0.717, 1.165) is 5.56 Å². The van der Waals surface area contributed by atoms with Gasteiger partial charge in [0.15, 0.2) is 0 Å². The van der Waals surface area contributed by atoms with Gasteiger partial charge in [0, 0.05) is 0 Å². The van der Waals surface area contributed by atoms with Crippen LogP contribution in [0.2, 0.25) is 5.76 Å². The van der Waals surface area contributed by atoms with Crippen LogP contribution in [0.4, 0.5) is 0 Å². The molecule has 0 saturated heterocycles. The molecule has 0 spiro atoms. The van der Waals surface area contributed by atoms with E-state index in [9.17, 15) is 0 Å². The van der Waals surface area contributed by atoms with E-state index in [0.29, 0.717) is 0 Å². The zero-order valence-corrected chi connectivity index (χ0v) is 16.9. The van der Waals surface area contributed by atoms with Crippen molar-refractivity contribution in [2.24, 2.45) is 0 Å². The number of hydrogen-bond donors (Lipinski definition) is 0. The Balaban J connectivity index is 2.04. The average molecular weight is 393 g/mol. The Bertz CT molecular complexity index is 1080. The summed E-state index contributed by atoms with van der Waals surface area (Å²) >= 11 is -2.80. The van der Waals surface area contributed by atoms with Crippen LogP contribution in [0.15, 0.2) is 97.1 Å². The van der Waals surface area contributed by atoms with Crippen LogP contribution in [0.5, 0.6) is 0 Å². The Hall–Kier alpha value is -2.76. The van der Waals surface area contributed by atoms with Crippen LogP contribution < -0.4 is 13.2 Å². The summed E-state index contributed by atoms with van der Waals surface area (Å²) in [4.78, 5) is 0. The van der Waals surface area contributed by atoms with Gasteiger partial charge in [-0.1, -0.05) is 0 Å². The van der Waals surface area contributed by atoms with Crippen LogP contribution in [0.3, 0.4) is 0 Å². The molecule has 26 heavy (non-hydrogen) atoms. The Morgan fingerprint density at radius 2 is 1.27 bits per heavy atom. The van der Waals surface area contributed by atoms with Gasteiger partial charge in [0.05, 0.1) is 0 Å². The molecule has 0 amide bonds. The molecule has 1 unspecified atom stereocenters. The molecule has 1 heteroatoms. The fraction of sp³-hybridized carbons (Fsp3) is 0.0400. The number of benzene rings is 4. The monoisotopic (exact) mass is 394 g/mol. The molecule has 0 saturated carbocycles. The van der Waals surface area contributed by atoms with Crippen LogP contribution in [0.1, 0.15) is 5.56 Å². The molecule has 4 rings (SSSR count). The van der Waals surface area contributed by atoms with Gasteiger partial charge < -0.3 is 0 Å². The topological polar surface area (TPSA) is 0 Å². The van der Waals surface area contributed by atoms with Gasteiger partial charge in [0.1, 0.15) is 0 Å². The first-order valence-electron chi connectivity index (χ1n) is 8.84. The van der Waals surface area contributed by atoms with E-state index in [-0.39, 0.29) is 0 Å². The quantitative estimate of drug-likeness (QED) is 0.366. The zero-order chi connectivity index (χ0) is 18.0. The first-order valence-corrected chi connectivity index (χ1v) is 14.1. The van der Waals surface area contributed by atoms with E-state index in [4.69, 9.17) is 6.42 Å². The summed E-state index contributed by atoms with van der Waals surface area (Å²) in [5.74, 6) is 5.22. The average Bonchev–Trinajstić information content (AvgIpc) is 2.73. The zero-order valence-electron chi connectivity index (χ0n) is 14.8. The number of rotatable bonds is 3. The molecule has 0 heterocycles. The van der Waals surface area contributed by atoms with E-state index in [2.05, 4.69) is 109 Å². The van der Waals surface area contributed by atoms with Crippen molar-refractivity contribution in [2.45, 2.75) is 5.76 Å². The fourth-order valence-electron chi connectivity index (χ4n) is 3.81. The Kier molecular flexibility index (Phi) is 4.41. The molecule has 4 aromatic carbocycles. The molecule has 0 nitrogen and oxygen atoms in total. The second-order valence-corrected chi connectivity index (χ2v) is 15.0. The van der Waals surface area contributed by atoms with Gasteiger partial charge in [-0.3, -0.25) is 0 Å². The molecule has 124 valence electrons. The summed E-state index contributed by atoms with van der Waals surface area (Å²) in [6.07, 6.45) is 5.57. The minimum atomic E-state index is -2.80. The van der Waals surface area contributed by atoms with Crippen molar-refractivity contribution in [3.63, 3.8) is 0 Å². The van der Waals surface area contributed by atoms with Crippen LogP contribution in [0, 0.1) is 12.3 Å². The predicted molar refractivity (Wildman–Crippen MR) is 115 cm³/mol. The van der Waals surface area contributed by atoms with Crippen molar-refractivity contribution in [2.75, 3.05) is 0 Å². The van der Waals surface area contributed by atoms with E-state index in [1.54, 1.807) is 0 Å². The predicted octanol–water partition coefficient (Wildman–Crippen LogP) is 3.92. The van der Waals surface area contributed by atoms with Gasteiger partial charge in [-0.25, -0.2) is 0 Å². The molecule has 0 bridgehead atoms. The molecule has 0 aliphatic heterocycles. The molecule has 0 aliphatic carbocycles. The van der Waals surface area contributed by atoms with Crippen molar-refractivity contribution in [1.82, 2.24) is 0 Å². The summed E-state index contributed by atoms with van der Waals surface area (Å²) in [5.41, 5.74) is 0.935. The summed E-state index contributed by atoms with van der Waals surface area (Å²) < 4.78 is 4.37. The Labute approximate surface area is 157 Å². The molecule has 0 radical (unpaired) electrons. The van der Waals surface area contributed by atoms with Gasteiger partial charge in [-0.2, -0.15) is 0 Å². The second-order valence-electron chi connectivity index (χ2n) is 6.74. The first-order chi connectivity index (χ1) is 12.7. The van der Waals surface area contributed by atoms with E-state index < -0.39 is 13.3 Å². The van der Waals surface area contributed by atoms with Gasteiger partial charge >= 0.3 is 158 Å². The van der Waals surface area contributed by atoms with Crippen molar-refractivity contribution in [3.05, 3.63) is 103 Å². The van der Waals surface area contributed by atoms with E-state index >= 15 is 0 Å². The molecular formula is C25H20Ge. The molecule has 0 N–H and O–H groups in total. The fourth-order valence-corrected chi connectivity index (χ4v) is 11.9. The van der Waals surface area contributed by atoms with Crippen LogP contribution in [0.25, 0.3) is 10.8 Å². The minimum absolute atomic E-state index is 0.935. The standard InChI is InChI=1S/C25H20Ge/c1-3-20-16-18-23(19-17-20)26(2,22-12-5-4-6-13-22)25-15-9-11-21-10-7-8-14-24(21)25/h1,4-19H,2H3. The molecule has 1 atom stereocenters.